The van der Waals surface area contributed by atoms with Crippen LogP contribution in [0.2, 0.25) is 0 Å². The van der Waals surface area contributed by atoms with Crippen molar-refractivity contribution in [3.05, 3.63) is 29.3 Å². The van der Waals surface area contributed by atoms with Gasteiger partial charge in [0.05, 0.1) is 0 Å². The summed E-state index contributed by atoms with van der Waals surface area (Å²) in [6, 6.07) is 5.56. The second-order valence-corrected chi connectivity index (χ2v) is 4.17. The lowest BCUT2D eigenvalue weighted by Gasteiger charge is -2.17. The average molecular weight is 219 g/mol. The molecule has 0 unspecified atom stereocenters. The van der Waals surface area contributed by atoms with E-state index in [1.807, 2.05) is 30.0 Å². The number of aryl methyl sites for hydroxylation is 1. The van der Waals surface area contributed by atoms with Crippen LogP contribution in [0.3, 0.4) is 0 Å². The zero-order chi connectivity index (χ0) is 11.5. The van der Waals surface area contributed by atoms with Crippen LogP contribution in [0.1, 0.15) is 28.8 Å². The minimum absolute atomic E-state index is 0.138. The first-order chi connectivity index (χ1) is 7.72. The largest absolute Gasteiger partial charge is 0.339 e. The first-order valence-electron chi connectivity index (χ1n) is 5.59. The Labute approximate surface area is 95.4 Å². The molecule has 0 saturated carbocycles. The van der Waals surface area contributed by atoms with E-state index in [1.54, 1.807) is 0 Å². The van der Waals surface area contributed by atoms with E-state index in [4.69, 9.17) is 5.84 Å². The van der Waals surface area contributed by atoms with Gasteiger partial charge in [0.1, 0.15) is 0 Å². The van der Waals surface area contributed by atoms with Gasteiger partial charge in [0.2, 0.25) is 0 Å². The van der Waals surface area contributed by atoms with E-state index in [9.17, 15) is 4.79 Å². The zero-order valence-electron chi connectivity index (χ0n) is 9.49. The Balaban J connectivity index is 2.22. The molecule has 0 aromatic heterocycles. The van der Waals surface area contributed by atoms with E-state index in [0.717, 1.165) is 42.7 Å². The minimum atomic E-state index is 0.138. The summed E-state index contributed by atoms with van der Waals surface area (Å²) in [5, 5.41) is 0. The van der Waals surface area contributed by atoms with Crippen molar-refractivity contribution in [2.75, 3.05) is 18.5 Å². The molecule has 1 aromatic rings. The highest BCUT2D eigenvalue weighted by Crippen LogP contribution is 2.18. The number of rotatable bonds is 2. The highest BCUT2D eigenvalue weighted by Gasteiger charge is 2.20. The maximum atomic E-state index is 12.1. The van der Waals surface area contributed by atoms with Gasteiger partial charge in [-0.3, -0.25) is 10.6 Å². The molecule has 1 aliphatic rings. The number of hydrogen-bond donors (Lipinski definition) is 2. The van der Waals surface area contributed by atoms with Crippen molar-refractivity contribution in [2.45, 2.75) is 19.8 Å². The minimum Gasteiger partial charge on any atom is -0.339 e. The summed E-state index contributed by atoms with van der Waals surface area (Å²) in [6.45, 7) is 3.70. The summed E-state index contributed by atoms with van der Waals surface area (Å²) in [5.41, 5.74) is 5.15. The Kier molecular flexibility index (Phi) is 3.10. The molecule has 0 aliphatic carbocycles. The lowest BCUT2D eigenvalue weighted by Crippen LogP contribution is -2.28. The SMILES string of the molecule is Cc1cc(NN)ccc1C(=O)N1CCCC1. The number of amides is 1. The van der Waals surface area contributed by atoms with Crippen LogP contribution in [-0.4, -0.2) is 23.9 Å². The molecular weight excluding hydrogens is 202 g/mol. The molecule has 3 N–H and O–H groups in total. The molecule has 0 bridgehead atoms. The van der Waals surface area contributed by atoms with E-state index < -0.39 is 0 Å². The van der Waals surface area contributed by atoms with E-state index in [0.29, 0.717) is 0 Å². The highest BCUT2D eigenvalue weighted by atomic mass is 16.2. The predicted octanol–water partition coefficient (Wildman–Crippen LogP) is 1.52. The summed E-state index contributed by atoms with van der Waals surface area (Å²) >= 11 is 0. The maximum absolute atomic E-state index is 12.1. The molecular formula is C12H17N3O. The van der Waals surface area contributed by atoms with Crippen LogP contribution in [-0.2, 0) is 0 Å². The summed E-state index contributed by atoms with van der Waals surface area (Å²) in [6.07, 6.45) is 2.24. The molecule has 4 heteroatoms. The normalized spacial score (nSPS) is 15.2. The van der Waals surface area contributed by atoms with Gasteiger partial charge in [0, 0.05) is 24.3 Å². The highest BCUT2D eigenvalue weighted by molar-refractivity contribution is 5.96. The second kappa shape index (κ2) is 4.53. The first-order valence-corrected chi connectivity index (χ1v) is 5.59. The van der Waals surface area contributed by atoms with Gasteiger partial charge in [-0.25, -0.2) is 0 Å². The van der Waals surface area contributed by atoms with Crippen molar-refractivity contribution in [2.24, 2.45) is 5.84 Å². The fraction of sp³-hybridized carbons (Fsp3) is 0.417. The third kappa shape index (κ3) is 2.02. The van der Waals surface area contributed by atoms with Gasteiger partial charge in [-0.15, -0.1) is 0 Å². The number of hydrazine groups is 1. The van der Waals surface area contributed by atoms with Crippen LogP contribution in [0.25, 0.3) is 0 Å². The van der Waals surface area contributed by atoms with Gasteiger partial charge < -0.3 is 10.3 Å². The Hall–Kier alpha value is -1.55. The summed E-state index contributed by atoms with van der Waals surface area (Å²) in [5.74, 6) is 5.46. The Bertz CT molecular complexity index is 397. The third-order valence-corrected chi connectivity index (χ3v) is 3.02. The number of benzene rings is 1. The summed E-state index contributed by atoms with van der Waals surface area (Å²) < 4.78 is 0. The molecule has 0 spiro atoms. The number of hydrogen-bond acceptors (Lipinski definition) is 3. The number of carbonyl (C=O) groups excluding carboxylic acids is 1. The molecule has 0 atom stereocenters. The van der Waals surface area contributed by atoms with E-state index in [2.05, 4.69) is 5.43 Å². The molecule has 2 rings (SSSR count). The number of nitrogens with zero attached hydrogens (tertiary/aromatic N) is 1. The van der Waals surface area contributed by atoms with Gasteiger partial charge in [-0.05, 0) is 43.5 Å². The Morgan fingerprint density at radius 2 is 2.06 bits per heavy atom. The monoisotopic (exact) mass is 219 g/mol. The number of carbonyl (C=O) groups is 1. The average Bonchev–Trinajstić information content (AvgIpc) is 2.81. The quantitative estimate of drug-likeness (QED) is 0.585. The van der Waals surface area contributed by atoms with E-state index >= 15 is 0 Å². The van der Waals surface area contributed by atoms with Crippen molar-refractivity contribution < 1.29 is 4.79 Å². The lowest BCUT2D eigenvalue weighted by atomic mass is 10.1. The Morgan fingerprint density at radius 3 is 2.62 bits per heavy atom. The van der Waals surface area contributed by atoms with Crippen molar-refractivity contribution in [1.82, 2.24) is 4.90 Å². The van der Waals surface area contributed by atoms with Crippen molar-refractivity contribution >= 4 is 11.6 Å². The number of likely N-dealkylation sites (tertiary alicyclic amines) is 1. The summed E-state index contributed by atoms with van der Waals surface area (Å²) in [7, 11) is 0. The first kappa shape index (κ1) is 11.0. The summed E-state index contributed by atoms with van der Waals surface area (Å²) in [4.78, 5) is 14.1. The predicted molar refractivity (Wildman–Crippen MR) is 64.1 cm³/mol. The molecule has 1 amide bonds. The fourth-order valence-electron chi connectivity index (χ4n) is 2.08. The van der Waals surface area contributed by atoms with Gasteiger partial charge in [-0.2, -0.15) is 0 Å². The molecule has 0 radical (unpaired) electrons. The van der Waals surface area contributed by atoms with Crippen molar-refractivity contribution in [1.29, 1.82) is 0 Å². The third-order valence-electron chi connectivity index (χ3n) is 3.02. The Morgan fingerprint density at radius 1 is 1.38 bits per heavy atom. The molecule has 1 saturated heterocycles. The number of nitrogens with two attached hydrogens (primary N) is 1. The molecule has 1 aliphatic heterocycles. The van der Waals surface area contributed by atoms with Crippen LogP contribution in [0.15, 0.2) is 18.2 Å². The van der Waals surface area contributed by atoms with Gasteiger partial charge >= 0.3 is 0 Å². The van der Waals surface area contributed by atoms with Crippen molar-refractivity contribution in [3.63, 3.8) is 0 Å². The topological polar surface area (TPSA) is 58.4 Å². The number of anilines is 1. The molecule has 4 nitrogen and oxygen atoms in total. The number of nitrogens with one attached hydrogen (secondary N) is 1. The molecule has 86 valence electrons. The maximum Gasteiger partial charge on any atom is 0.254 e. The smallest absolute Gasteiger partial charge is 0.254 e. The molecule has 16 heavy (non-hydrogen) atoms. The lowest BCUT2D eigenvalue weighted by molar-refractivity contribution is 0.0792. The molecule has 1 aromatic carbocycles. The van der Waals surface area contributed by atoms with E-state index in [1.165, 1.54) is 0 Å². The van der Waals surface area contributed by atoms with E-state index in [-0.39, 0.29) is 5.91 Å². The van der Waals surface area contributed by atoms with Crippen LogP contribution >= 0.6 is 0 Å². The van der Waals surface area contributed by atoms with Gasteiger partial charge in [0.25, 0.3) is 5.91 Å². The second-order valence-electron chi connectivity index (χ2n) is 4.17. The van der Waals surface area contributed by atoms with Gasteiger partial charge in [-0.1, -0.05) is 0 Å². The van der Waals surface area contributed by atoms with Crippen LogP contribution in [0.5, 0.6) is 0 Å². The number of nitrogen functional groups attached to an aromatic ring is 1. The standard InChI is InChI=1S/C12H17N3O/c1-9-8-10(14-13)4-5-11(9)12(16)15-6-2-3-7-15/h4-5,8,14H,2-3,6-7,13H2,1H3. The van der Waals surface area contributed by atoms with Crippen LogP contribution < -0.4 is 11.3 Å². The zero-order valence-corrected chi connectivity index (χ0v) is 9.49. The van der Waals surface area contributed by atoms with Crippen molar-refractivity contribution in [3.8, 4) is 0 Å². The molecule has 1 heterocycles. The molecule has 1 fully saturated rings. The van der Waals surface area contributed by atoms with Crippen LogP contribution in [0, 0.1) is 6.92 Å². The van der Waals surface area contributed by atoms with Crippen LogP contribution in [0.4, 0.5) is 5.69 Å². The van der Waals surface area contributed by atoms with Gasteiger partial charge in [0.15, 0.2) is 0 Å². The fourth-order valence-corrected chi connectivity index (χ4v) is 2.08.